The van der Waals surface area contributed by atoms with Crippen LogP contribution in [0.1, 0.15) is 62.2 Å². The highest BCUT2D eigenvalue weighted by atomic mass is 15.5. The number of rotatable bonds is 9. The smallest absolute Gasteiger partial charge is 0.205 e. The second kappa shape index (κ2) is 11.1. The van der Waals surface area contributed by atoms with E-state index in [-0.39, 0.29) is 0 Å². The summed E-state index contributed by atoms with van der Waals surface area (Å²) in [5.41, 5.74) is 4.32. The third-order valence-electron chi connectivity index (χ3n) is 6.90. The molecule has 1 fully saturated rings. The van der Waals surface area contributed by atoms with Crippen molar-refractivity contribution in [3.8, 4) is 34.9 Å². The van der Waals surface area contributed by atoms with Crippen LogP contribution in [0, 0.1) is 18.3 Å². The summed E-state index contributed by atoms with van der Waals surface area (Å²) < 4.78 is 2.01. The minimum Gasteiger partial charge on any atom is -0.249 e. The van der Waals surface area contributed by atoms with Crippen LogP contribution in [0.25, 0.3) is 22.5 Å². The molecule has 0 spiro atoms. The first-order valence-corrected chi connectivity index (χ1v) is 12.6. The molecule has 0 aliphatic heterocycles. The van der Waals surface area contributed by atoms with Gasteiger partial charge in [0.15, 0.2) is 5.82 Å². The SMILES string of the molecule is C#CCCn1nc(CCC2CCCCC2)nc1Cc1ccc(-c2ccccc2-c2nn[nH]n2)cc1. The van der Waals surface area contributed by atoms with Crippen molar-refractivity contribution in [1.29, 1.82) is 0 Å². The van der Waals surface area contributed by atoms with E-state index in [2.05, 4.69) is 56.9 Å². The highest BCUT2D eigenvalue weighted by Crippen LogP contribution is 2.30. The lowest BCUT2D eigenvalue weighted by Crippen LogP contribution is -2.08. The van der Waals surface area contributed by atoms with Crippen molar-refractivity contribution < 1.29 is 0 Å². The Balaban J connectivity index is 1.31. The molecule has 7 nitrogen and oxygen atoms in total. The Morgan fingerprint density at radius 3 is 2.54 bits per heavy atom. The second-order valence-corrected chi connectivity index (χ2v) is 9.32. The molecule has 2 aromatic heterocycles. The first-order valence-electron chi connectivity index (χ1n) is 12.6. The molecule has 0 radical (unpaired) electrons. The molecular weight excluding hydrogens is 434 g/mol. The van der Waals surface area contributed by atoms with Crippen LogP contribution in [-0.2, 0) is 19.4 Å². The summed E-state index contributed by atoms with van der Waals surface area (Å²) >= 11 is 0. The quantitative estimate of drug-likeness (QED) is 0.341. The van der Waals surface area contributed by atoms with Crippen molar-refractivity contribution >= 4 is 0 Å². The van der Waals surface area contributed by atoms with Crippen LogP contribution in [-0.4, -0.2) is 35.4 Å². The lowest BCUT2D eigenvalue weighted by molar-refractivity contribution is 0.337. The van der Waals surface area contributed by atoms with Crippen LogP contribution < -0.4 is 0 Å². The lowest BCUT2D eigenvalue weighted by atomic mass is 9.86. The van der Waals surface area contributed by atoms with Gasteiger partial charge in [-0.3, -0.25) is 0 Å². The van der Waals surface area contributed by atoms with Gasteiger partial charge in [0.2, 0.25) is 5.82 Å². The van der Waals surface area contributed by atoms with Crippen LogP contribution >= 0.6 is 0 Å². The Labute approximate surface area is 206 Å². The normalized spacial score (nSPS) is 14.1. The molecule has 5 rings (SSSR count). The van der Waals surface area contributed by atoms with E-state index in [1.807, 2.05) is 22.9 Å². The molecule has 0 saturated heterocycles. The van der Waals surface area contributed by atoms with Gasteiger partial charge >= 0.3 is 0 Å². The zero-order valence-corrected chi connectivity index (χ0v) is 20.0. The molecule has 178 valence electrons. The summed E-state index contributed by atoms with van der Waals surface area (Å²) in [5.74, 6) is 6.09. The van der Waals surface area contributed by atoms with Crippen LogP contribution in [0.2, 0.25) is 0 Å². The van der Waals surface area contributed by atoms with Crippen LogP contribution in [0.5, 0.6) is 0 Å². The number of hydrogen-bond donors (Lipinski definition) is 1. The maximum Gasteiger partial charge on any atom is 0.205 e. The monoisotopic (exact) mass is 465 g/mol. The fourth-order valence-electron chi connectivity index (χ4n) is 5.01. The van der Waals surface area contributed by atoms with Crippen molar-refractivity contribution in [3.05, 3.63) is 65.7 Å². The molecule has 1 aliphatic carbocycles. The van der Waals surface area contributed by atoms with Gasteiger partial charge in [-0.05, 0) is 34.2 Å². The summed E-state index contributed by atoms with van der Waals surface area (Å²) in [4.78, 5) is 4.93. The van der Waals surface area contributed by atoms with E-state index >= 15 is 0 Å². The van der Waals surface area contributed by atoms with Crippen molar-refractivity contribution in [2.45, 2.75) is 64.3 Å². The molecule has 0 bridgehead atoms. The number of terminal acetylenes is 1. The van der Waals surface area contributed by atoms with Crippen molar-refractivity contribution in [2.75, 3.05) is 0 Å². The average molecular weight is 466 g/mol. The predicted molar refractivity (Wildman–Crippen MR) is 136 cm³/mol. The van der Waals surface area contributed by atoms with Gasteiger partial charge in [-0.1, -0.05) is 80.6 Å². The van der Waals surface area contributed by atoms with Crippen LogP contribution in [0.15, 0.2) is 48.5 Å². The van der Waals surface area contributed by atoms with Gasteiger partial charge in [-0.25, -0.2) is 9.67 Å². The topological polar surface area (TPSA) is 85.2 Å². The highest BCUT2D eigenvalue weighted by Gasteiger charge is 2.16. The Bertz CT molecular complexity index is 1260. The van der Waals surface area contributed by atoms with Crippen molar-refractivity contribution in [2.24, 2.45) is 5.92 Å². The van der Waals surface area contributed by atoms with E-state index in [4.69, 9.17) is 16.5 Å². The van der Waals surface area contributed by atoms with E-state index < -0.39 is 0 Å². The number of nitrogens with zero attached hydrogens (tertiary/aromatic N) is 6. The zero-order valence-electron chi connectivity index (χ0n) is 20.0. The third-order valence-corrected chi connectivity index (χ3v) is 6.90. The van der Waals surface area contributed by atoms with Gasteiger partial charge in [0, 0.05) is 24.8 Å². The van der Waals surface area contributed by atoms with E-state index in [1.54, 1.807) is 0 Å². The number of hydrogen-bond acceptors (Lipinski definition) is 5. The summed E-state index contributed by atoms with van der Waals surface area (Å²) in [5, 5.41) is 19.4. The van der Waals surface area contributed by atoms with Gasteiger partial charge in [0.1, 0.15) is 5.82 Å². The molecule has 1 N–H and O–H groups in total. The molecule has 0 atom stereocenters. The summed E-state index contributed by atoms with van der Waals surface area (Å²) in [6.45, 7) is 0.707. The minimum atomic E-state index is 0.590. The molecule has 1 aliphatic rings. The van der Waals surface area contributed by atoms with Gasteiger partial charge in [-0.2, -0.15) is 10.3 Å². The van der Waals surface area contributed by atoms with E-state index in [9.17, 15) is 0 Å². The molecule has 0 unspecified atom stereocenters. The summed E-state index contributed by atoms with van der Waals surface area (Å²) in [6, 6.07) is 16.7. The number of aromatic amines is 1. The Morgan fingerprint density at radius 1 is 1.00 bits per heavy atom. The summed E-state index contributed by atoms with van der Waals surface area (Å²) in [6.07, 6.45) is 15.9. The van der Waals surface area contributed by atoms with E-state index in [0.717, 1.165) is 47.1 Å². The van der Waals surface area contributed by atoms with Gasteiger partial charge in [0.25, 0.3) is 0 Å². The number of benzene rings is 2. The first kappa shape index (κ1) is 23.0. The van der Waals surface area contributed by atoms with Crippen molar-refractivity contribution in [1.82, 2.24) is 35.4 Å². The Morgan fingerprint density at radius 2 is 1.80 bits per heavy atom. The maximum atomic E-state index is 5.53. The van der Waals surface area contributed by atoms with Crippen LogP contribution in [0.4, 0.5) is 0 Å². The predicted octanol–water partition coefficient (Wildman–Crippen LogP) is 5.25. The van der Waals surface area contributed by atoms with E-state index in [0.29, 0.717) is 18.8 Å². The molecule has 35 heavy (non-hydrogen) atoms. The molecule has 1 saturated carbocycles. The molecule has 2 aromatic carbocycles. The summed E-state index contributed by atoms with van der Waals surface area (Å²) in [7, 11) is 0. The number of aromatic nitrogens is 7. The average Bonchev–Trinajstić information content (AvgIpc) is 3.58. The van der Waals surface area contributed by atoms with Crippen LogP contribution in [0.3, 0.4) is 0 Å². The number of aryl methyl sites for hydroxylation is 2. The molecular formula is C28H31N7. The maximum absolute atomic E-state index is 5.53. The Kier molecular flexibility index (Phi) is 7.28. The third kappa shape index (κ3) is 5.65. The number of nitrogens with one attached hydrogen (secondary N) is 1. The molecule has 7 heteroatoms. The Hall–Kier alpha value is -3.79. The fourth-order valence-corrected chi connectivity index (χ4v) is 5.01. The first-order chi connectivity index (χ1) is 17.3. The van der Waals surface area contributed by atoms with Gasteiger partial charge in [0.05, 0.1) is 6.54 Å². The second-order valence-electron chi connectivity index (χ2n) is 9.32. The van der Waals surface area contributed by atoms with Gasteiger partial charge in [-0.15, -0.1) is 22.5 Å². The largest absolute Gasteiger partial charge is 0.249 e. The number of H-pyrrole nitrogens is 1. The zero-order chi connectivity index (χ0) is 23.9. The highest BCUT2D eigenvalue weighted by molar-refractivity contribution is 5.80. The molecule has 4 aromatic rings. The molecule has 0 amide bonds. The van der Waals surface area contributed by atoms with Gasteiger partial charge < -0.3 is 0 Å². The standard InChI is InChI=1S/C28H31N7/c1-2-3-19-35-27(29-26(32-35)18-15-21-9-5-4-6-10-21)20-22-13-16-23(17-14-22)24-11-7-8-12-25(24)28-30-33-34-31-28/h1,7-8,11-14,16-17,21H,3-6,9-10,15,18-20H2,(H,30,31,33,34). The number of tetrazole rings is 1. The lowest BCUT2D eigenvalue weighted by Gasteiger charge is -2.20. The van der Waals surface area contributed by atoms with Crippen molar-refractivity contribution in [3.63, 3.8) is 0 Å². The molecule has 2 heterocycles. The fraction of sp³-hybridized carbons (Fsp3) is 0.393. The minimum absolute atomic E-state index is 0.590. The van der Waals surface area contributed by atoms with E-state index in [1.165, 1.54) is 44.1 Å².